The molecule has 0 saturated heterocycles. The van der Waals surface area contributed by atoms with E-state index in [2.05, 4.69) is 4.74 Å². The first-order chi connectivity index (χ1) is 6.26. The van der Waals surface area contributed by atoms with Crippen molar-refractivity contribution in [3.05, 3.63) is 24.5 Å². The van der Waals surface area contributed by atoms with Gasteiger partial charge < -0.3 is 26.5 Å². The second kappa shape index (κ2) is 6.37. The van der Waals surface area contributed by atoms with E-state index < -0.39 is 0 Å². The molecule has 0 unspecified atom stereocenters. The summed E-state index contributed by atoms with van der Waals surface area (Å²) in [5, 5.41) is 0. The van der Waals surface area contributed by atoms with Crippen LogP contribution in [0.15, 0.2) is 24.5 Å². The standard InChI is InChI=1S/C9H12NO3.BrH/c1-12-8-3-5-10(6-4-8)7-9(11)13-2;/h3-6H,7H2,1-2H3;1H/q+1;/p-1. The highest BCUT2D eigenvalue weighted by molar-refractivity contribution is 5.67. The minimum Gasteiger partial charge on any atom is -1.00 e. The molecule has 0 aliphatic carbocycles. The third-order valence-corrected chi connectivity index (χ3v) is 1.64. The summed E-state index contributed by atoms with van der Waals surface area (Å²) in [5.41, 5.74) is 0. The lowest BCUT2D eigenvalue weighted by Crippen LogP contribution is -3.00. The average Bonchev–Trinajstić information content (AvgIpc) is 2.19. The first-order valence-electron chi connectivity index (χ1n) is 3.86. The van der Waals surface area contributed by atoms with Gasteiger partial charge in [-0.05, 0) is 0 Å². The Balaban J connectivity index is 0.00000169. The average molecular weight is 262 g/mol. The summed E-state index contributed by atoms with van der Waals surface area (Å²) in [5.74, 6) is 0.497. The molecule has 0 fully saturated rings. The van der Waals surface area contributed by atoms with E-state index in [1.54, 1.807) is 36.2 Å². The maximum atomic E-state index is 10.9. The Labute approximate surface area is 93.2 Å². The summed E-state index contributed by atoms with van der Waals surface area (Å²) in [6.45, 7) is 0.223. The van der Waals surface area contributed by atoms with Crippen molar-refractivity contribution >= 4 is 5.97 Å². The number of nitrogens with zero attached hydrogens (tertiary/aromatic N) is 1. The summed E-state index contributed by atoms with van der Waals surface area (Å²) < 4.78 is 11.2. The van der Waals surface area contributed by atoms with E-state index in [0.29, 0.717) is 0 Å². The van der Waals surface area contributed by atoms with Gasteiger partial charge in [-0.1, -0.05) is 0 Å². The number of rotatable bonds is 3. The van der Waals surface area contributed by atoms with Gasteiger partial charge in [0.1, 0.15) is 5.75 Å². The molecule has 14 heavy (non-hydrogen) atoms. The summed E-state index contributed by atoms with van der Waals surface area (Å²) >= 11 is 0. The Bertz CT molecular complexity index is 287. The van der Waals surface area contributed by atoms with Gasteiger partial charge >= 0.3 is 5.97 Å². The number of carbonyl (C=O) groups excluding carboxylic acids is 1. The van der Waals surface area contributed by atoms with Crippen LogP contribution in [0.1, 0.15) is 0 Å². The number of esters is 1. The maximum Gasteiger partial charge on any atom is 0.372 e. The lowest BCUT2D eigenvalue weighted by Gasteiger charge is -1.97. The van der Waals surface area contributed by atoms with Crippen LogP contribution < -0.4 is 26.3 Å². The maximum absolute atomic E-state index is 10.9. The van der Waals surface area contributed by atoms with Crippen molar-refractivity contribution in [2.24, 2.45) is 0 Å². The van der Waals surface area contributed by atoms with E-state index >= 15 is 0 Å². The third-order valence-electron chi connectivity index (χ3n) is 1.64. The molecule has 0 spiro atoms. The van der Waals surface area contributed by atoms with E-state index in [4.69, 9.17) is 4.74 Å². The summed E-state index contributed by atoms with van der Waals surface area (Å²) in [6.07, 6.45) is 3.52. The Morgan fingerprint density at radius 2 is 1.93 bits per heavy atom. The van der Waals surface area contributed by atoms with Crippen LogP contribution in [0, 0.1) is 0 Å². The zero-order valence-electron chi connectivity index (χ0n) is 8.07. The molecule has 0 bridgehead atoms. The minimum atomic E-state index is -0.268. The number of carbonyl (C=O) groups is 1. The van der Waals surface area contributed by atoms with Gasteiger partial charge in [-0.15, -0.1) is 0 Å². The number of methoxy groups -OCH3 is 2. The van der Waals surface area contributed by atoms with Gasteiger partial charge in [0, 0.05) is 12.1 Å². The first-order valence-corrected chi connectivity index (χ1v) is 3.86. The van der Waals surface area contributed by atoms with Crippen LogP contribution in [0.3, 0.4) is 0 Å². The highest BCUT2D eigenvalue weighted by Gasteiger charge is 2.08. The fourth-order valence-electron chi connectivity index (χ4n) is 0.899. The SMILES string of the molecule is COC(=O)C[n+]1ccc(OC)cc1.[Br-]. The molecule has 0 radical (unpaired) electrons. The molecule has 1 rings (SSSR count). The molecule has 78 valence electrons. The molecule has 0 aromatic carbocycles. The highest BCUT2D eigenvalue weighted by Crippen LogP contribution is 2.03. The predicted octanol–water partition coefficient (Wildman–Crippen LogP) is -2.84. The second-order valence-electron chi connectivity index (χ2n) is 2.49. The molecule has 1 aromatic rings. The minimum absolute atomic E-state index is 0. The van der Waals surface area contributed by atoms with E-state index in [1.165, 1.54) is 7.11 Å². The van der Waals surface area contributed by atoms with Crippen molar-refractivity contribution in [3.8, 4) is 5.75 Å². The van der Waals surface area contributed by atoms with E-state index in [0.717, 1.165) is 5.75 Å². The van der Waals surface area contributed by atoms with Gasteiger partial charge in [-0.25, -0.2) is 4.79 Å². The smallest absolute Gasteiger partial charge is 0.372 e. The second-order valence-corrected chi connectivity index (χ2v) is 2.49. The normalized spacial score (nSPS) is 8.71. The molecule has 1 aromatic heterocycles. The highest BCUT2D eigenvalue weighted by atomic mass is 79.9. The van der Waals surface area contributed by atoms with Crippen LogP contribution in [-0.2, 0) is 16.1 Å². The topological polar surface area (TPSA) is 39.4 Å². The molecule has 0 N–H and O–H groups in total. The van der Waals surface area contributed by atoms with Crippen molar-refractivity contribution in [1.82, 2.24) is 0 Å². The quantitative estimate of drug-likeness (QED) is 0.435. The number of aromatic nitrogens is 1. The lowest BCUT2D eigenvalue weighted by atomic mass is 10.4. The first kappa shape index (κ1) is 12.9. The van der Waals surface area contributed by atoms with Crippen LogP contribution in [0.25, 0.3) is 0 Å². The lowest BCUT2D eigenvalue weighted by molar-refractivity contribution is -0.685. The Morgan fingerprint density at radius 1 is 1.36 bits per heavy atom. The fourth-order valence-corrected chi connectivity index (χ4v) is 0.899. The van der Waals surface area contributed by atoms with Crippen LogP contribution in [0.5, 0.6) is 5.75 Å². The molecule has 0 aliphatic heterocycles. The van der Waals surface area contributed by atoms with Crippen LogP contribution >= 0.6 is 0 Å². The van der Waals surface area contributed by atoms with E-state index in [1.807, 2.05) is 0 Å². The zero-order chi connectivity index (χ0) is 9.68. The zero-order valence-corrected chi connectivity index (χ0v) is 9.65. The van der Waals surface area contributed by atoms with Crippen LogP contribution in [-0.4, -0.2) is 20.2 Å². The molecule has 1 heterocycles. The summed E-state index contributed by atoms with van der Waals surface area (Å²) in [6, 6.07) is 3.56. The van der Waals surface area contributed by atoms with Gasteiger partial charge in [-0.3, -0.25) is 0 Å². The fraction of sp³-hybridized carbons (Fsp3) is 0.333. The van der Waals surface area contributed by atoms with Gasteiger partial charge in [0.05, 0.1) is 14.2 Å². The number of ether oxygens (including phenoxy) is 2. The monoisotopic (exact) mass is 261 g/mol. The Hall–Kier alpha value is -1.10. The van der Waals surface area contributed by atoms with E-state index in [-0.39, 0.29) is 29.5 Å². The molecule has 0 aliphatic rings. The van der Waals surface area contributed by atoms with Gasteiger partial charge in [0.25, 0.3) is 0 Å². The van der Waals surface area contributed by atoms with Crippen molar-refractivity contribution in [1.29, 1.82) is 0 Å². The van der Waals surface area contributed by atoms with Crippen LogP contribution in [0.4, 0.5) is 0 Å². The molecule has 0 amide bonds. The predicted molar refractivity (Wildman–Crippen MR) is 45.2 cm³/mol. The number of hydrogen-bond acceptors (Lipinski definition) is 3. The summed E-state index contributed by atoms with van der Waals surface area (Å²) in [4.78, 5) is 10.9. The van der Waals surface area contributed by atoms with Crippen molar-refractivity contribution in [3.63, 3.8) is 0 Å². The molecule has 4 nitrogen and oxygen atoms in total. The number of halogens is 1. The van der Waals surface area contributed by atoms with Gasteiger partial charge in [0.2, 0.25) is 6.54 Å². The Morgan fingerprint density at radius 3 is 2.36 bits per heavy atom. The van der Waals surface area contributed by atoms with Gasteiger partial charge in [-0.2, -0.15) is 4.57 Å². The number of pyridine rings is 1. The molecular weight excluding hydrogens is 250 g/mol. The summed E-state index contributed by atoms with van der Waals surface area (Å²) in [7, 11) is 2.96. The Kier molecular flexibility index (Phi) is 5.87. The van der Waals surface area contributed by atoms with Gasteiger partial charge in [0.15, 0.2) is 12.4 Å². The van der Waals surface area contributed by atoms with Crippen LogP contribution in [0.2, 0.25) is 0 Å². The third kappa shape index (κ3) is 3.74. The van der Waals surface area contributed by atoms with Crippen molar-refractivity contribution in [2.45, 2.75) is 6.54 Å². The van der Waals surface area contributed by atoms with Crippen molar-refractivity contribution in [2.75, 3.05) is 14.2 Å². The van der Waals surface area contributed by atoms with Crippen molar-refractivity contribution < 1.29 is 35.8 Å². The van der Waals surface area contributed by atoms with E-state index in [9.17, 15) is 4.79 Å². The molecular formula is C9H12BrNO3. The molecule has 0 atom stereocenters. The molecule has 0 saturated carbocycles. The largest absolute Gasteiger partial charge is 1.00 e. The molecule has 5 heteroatoms. The number of hydrogen-bond donors (Lipinski definition) is 0.